The van der Waals surface area contributed by atoms with Crippen LogP contribution >= 0.6 is 37.2 Å². The Labute approximate surface area is 176 Å². The quantitative estimate of drug-likeness (QED) is 0.720. The Bertz CT molecular complexity index is 403. The van der Waals surface area contributed by atoms with Crippen LogP contribution in [0.15, 0.2) is 0 Å². The van der Waals surface area contributed by atoms with E-state index >= 15 is 0 Å². The number of morpholine rings is 1. The molecule has 26 heavy (non-hydrogen) atoms. The number of hydrogen-bond acceptors (Lipinski definition) is 5. The summed E-state index contributed by atoms with van der Waals surface area (Å²) in [6.45, 7) is 14.0. The largest absolute Gasteiger partial charge is 0.374 e. The zero-order valence-electron chi connectivity index (χ0n) is 15.9. The Morgan fingerprint density at radius 2 is 1.81 bits per heavy atom. The maximum absolute atomic E-state index is 12.5. The number of carbonyl (C=O) groups excluding carboxylic acids is 1. The first-order valence-electron chi connectivity index (χ1n) is 9.21. The molecule has 2 atom stereocenters. The van der Waals surface area contributed by atoms with Crippen molar-refractivity contribution in [1.82, 2.24) is 20.0 Å². The van der Waals surface area contributed by atoms with Gasteiger partial charge in [-0.15, -0.1) is 37.2 Å². The molecular formula is C17H35Cl3N4O2. The molecule has 2 unspecified atom stereocenters. The van der Waals surface area contributed by atoms with Gasteiger partial charge in [-0.3, -0.25) is 14.6 Å². The SMILES string of the molecule is CC(C)N1CCOC(CN2CCN(C(=O)C3CCNC3)CC2)C1.Cl.Cl.Cl. The van der Waals surface area contributed by atoms with Crippen LogP contribution in [0.1, 0.15) is 20.3 Å². The number of rotatable bonds is 4. The van der Waals surface area contributed by atoms with Crippen molar-refractivity contribution in [3.63, 3.8) is 0 Å². The summed E-state index contributed by atoms with van der Waals surface area (Å²) in [4.78, 5) is 19.5. The Hall–Kier alpha value is 0.180. The highest BCUT2D eigenvalue weighted by atomic mass is 35.5. The summed E-state index contributed by atoms with van der Waals surface area (Å²) in [6.07, 6.45) is 1.31. The molecule has 0 aromatic rings. The molecule has 9 heteroatoms. The highest BCUT2D eigenvalue weighted by Gasteiger charge is 2.30. The number of halogens is 3. The molecule has 3 aliphatic heterocycles. The first-order chi connectivity index (χ1) is 11.1. The molecule has 0 radical (unpaired) electrons. The zero-order valence-corrected chi connectivity index (χ0v) is 18.3. The Balaban J connectivity index is 0.00000208. The van der Waals surface area contributed by atoms with Crippen LogP contribution in [0.5, 0.6) is 0 Å². The first-order valence-corrected chi connectivity index (χ1v) is 9.21. The Morgan fingerprint density at radius 1 is 1.12 bits per heavy atom. The Kier molecular flexibility index (Phi) is 12.7. The fourth-order valence-corrected chi connectivity index (χ4v) is 3.88. The van der Waals surface area contributed by atoms with Crippen LogP contribution in [-0.4, -0.2) is 98.3 Å². The lowest BCUT2D eigenvalue weighted by Gasteiger charge is -2.40. The van der Waals surface area contributed by atoms with E-state index in [1.54, 1.807) is 0 Å². The molecule has 0 spiro atoms. The molecule has 3 fully saturated rings. The van der Waals surface area contributed by atoms with Gasteiger partial charge in [0.15, 0.2) is 0 Å². The van der Waals surface area contributed by atoms with E-state index in [4.69, 9.17) is 4.74 Å². The van der Waals surface area contributed by atoms with Crippen LogP contribution < -0.4 is 5.32 Å². The third-order valence-corrected chi connectivity index (χ3v) is 5.46. The van der Waals surface area contributed by atoms with Crippen molar-refractivity contribution >= 4 is 43.1 Å². The van der Waals surface area contributed by atoms with E-state index in [2.05, 4.69) is 33.9 Å². The fourth-order valence-electron chi connectivity index (χ4n) is 3.88. The van der Waals surface area contributed by atoms with Gasteiger partial charge >= 0.3 is 0 Å². The molecule has 0 aromatic carbocycles. The van der Waals surface area contributed by atoms with Crippen molar-refractivity contribution in [3.05, 3.63) is 0 Å². The van der Waals surface area contributed by atoms with Gasteiger partial charge in [-0.25, -0.2) is 0 Å². The minimum atomic E-state index is 0. The minimum absolute atomic E-state index is 0. The predicted octanol–water partition coefficient (Wildman–Crippen LogP) is 1.11. The summed E-state index contributed by atoms with van der Waals surface area (Å²) in [5.74, 6) is 0.567. The molecule has 3 aliphatic rings. The van der Waals surface area contributed by atoms with Crippen molar-refractivity contribution in [1.29, 1.82) is 0 Å². The van der Waals surface area contributed by atoms with Crippen molar-refractivity contribution < 1.29 is 9.53 Å². The smallest absolute Gasteiger partial charge is 0.227 e. The van der Waals surface area contributed by atoms with Gasteiger partial charge in [0.25, 0.3) is 0 Å². The monoisotopic (exact) mass is 432 g/mol. The topological polar surface area (TPSA) is 48.1 Å². The highest BCUT2D eigenvalue weighted by Crippen LogP contribution is 2.15. The molecule has 6 nitrogen and oxygen atoms in total. The molecule has 1 N–H and O–H groups in total. The van der Waals surface area contributed by atoms with Gasteiger partial charge in [-0.2, -0.15) is 0 Å². The molecule has 0 aliphatic carbocycles. The molecule has 3 saturated heterocycles. The maximum Gasteiger partial charge on any atom is 0.227 e. The number of piperazine rings is 1. The second kappa shape index (κ2) is 12.6. The van der Waals surface area contributed by atoms with Crippen molar-refractivity contribution in [2.75, 3.05) is 65.5 Å². The fraction of sp³-hybridized carbons (Fsp3) is 0.941. The lowest BCUT2D eigenvalue weighted by Crippen LogP contribution is -2.55. The van der Waals surface area contributed by atoms with Gasteiger partial charge < -0.3 is 15.0 Å². The van der Waals surface area contributed by atoms with Crippen LogP contribution in [-0.2, 0) is 9.53 Å². The second-order valence-corrected chi connectivity index (χ2v) is 7.40. The van der Waals surface area contributed by atoms with Gasteiger partial charge in [0.2, 0.25) is 5.91 Å². The summed E-state index contributed by atoms with van der Waals surface area (Å²) >= 11 is 0. The summed E-state index contributed by atoms with van der Waals surface area (Å²) in [5, 5.41) is 3.29. The zero-order chi connectivity index (χ0) is 16.2. The van der Waals surface area contributed by atoms with E-state index in [0.717, 1.165) is 71.9 Å². The van der Waals surface area contributed by atoms with Gasteiger partial charge in [-0.1, -0.05) is 0 Å². The molecule has 0 saturated carbocycles. The van der Waals surface area contributed by atoms with Crippen LogP contribution in [0.3, 0.4) is 0 Å². The summed E-state index contributed by atoms with van der Waals surface area (Å²) in [5.41, 5.74) is 0. The van der Waals surface area contributed by atoms with Crippen molar-refractivity contribution in [2.24, 2.45) is 5.92 Å². The number of hydrogen-bond donors (Lipinski definition) is 1. The molecular weight excluding hydrogens is 399 g/mol. The third-order valence-electron chi connectivity index (χ3n) is 5.46. The number of ether oxygens (including phenoxy) is 1. The van der Waals surface area contributed by atoms with Crippen LogP contribution in [0, 0.1) is 5.92 Å². The maximum atomic E-state index is 12.5. The summed E-state index contributed by atoms with van der Waals surface area (Å²) in [6, 6.07) is 0.593. The number of nitrogens with zero attached hydrogens (tertiary/aromatic N) is 3. The van der Waals surface area contributed by atoms with Gasteiger partial charge in [-0.05, 0) is 26.8 Å². The van der Waals surface area contributed by atoms with Crippen LogP contribution in [0.4, 0.5) is 0 Å². The van der Waals surface area contributed by atoms with Gasteiger partial charge in [0.05, 0.1) is 18.6 Å². The first kappa shape index (κ1) is 26.2. The minimum Gasteiger partial charge on any atom is -0.374 e. The lowest BCUT2D eigenvalue weighted by atomic mass is 10.1. The van der Waals surface area contributed by atoms with E-state index in [1.165, 1.54) is 0 Å². The normalized spacial score (nSPS) is 27.4. The Morgan fingerprint density at radius 3 is 2.38 bits per heavy atom. The molecule has 0 aromatic heterocycles. The van der Waals surface area contributed by atoms with E-state index in [-0.39, 0.29) is 43.1 Å². The van der Waals surface area contributed by atoms with Crippen molar-refractivity contribution in [3.8, 4) is 0 Å². The summed E-state index contributed by atoms with van der Waals surface area (Å²) in [7, 11) is 0. The molecule has 1 amide bonds. The number of carbonyl (C=O) groups is 1. The van der Waals surface area contributed by atoms with Gasteiger partial charge in [0, 0.05) is 58.4 Å². The third kappa shape index (κ3) is 6.97. The van der Waals surface area contributed by atoms with E-state index in [9.17, 15) is 4.79 Å². The number of amides is 1. The van der Waals surface area contributed by atoms with E-state index in [0.29, 0.717) is 18.1 Å². The summed E-state index contributed by atoms with van der Waals surface area (Å²) < 4.78 is 5.94. The molecule has 3 rings (SSSR count). The number of nitrogens with one attached hydrogen (secondary N) is 1. The van der Waals surface area contributed by atoms with E-state index < -0.39 is 0 Å². The second-order valence-electron chi connectivity index (χ2n) is 7.40. The molecule has 156 valence electrons. The highest BCUT2D eigenvalue weighted by molar-refractivity contribution is 5.86. The molecule has 0 bridgehead atoms. The predicted molar refractivity (Wildman–Crippen MR) is 112 cm³/mol. The van der Waals surface area contributed by atoms with Crippen LogP contribution in [0.2, 0.25) is 0 Å². The van der Waals surface area contributed by atoms with Crippen LogP contribution in [0.25, 0.3) is 0 Å². The van der Waals surface area contributed by atoms with Gasteiger partial charge in [0.1, 0.15) is 0 Å². The molecule has 3 heterocycles. The standard InChI is InChI=1S/C17H32N4O2.3ClH/c1-14(2)21-9-10-23-16(13-21)12-19-5-7-20(8-6-19)17(22)15-3-4-18-11-15;;;/h14-16,18H,3-13H2,1-2H3;3*1H. The average Bonchev–Trinajstić information content (AvgIpc) is 3.09. The van der Waals surface area contributed by atoms with E-state index in [1.807, 2.05) is 0 Å². The lowest BCUT2D eigenvalue weighted by molar-refractivity contribution is -0.137. The average molecular weight is 434 g/mol. The van der Waals surface area contributed by atoms with Crippen molar-refractivity contribution in [2.45, 2.75) is 32.4 Å².